The van der Waals surface area contributed by atoms with Crippen molar-refractivity contribution in [3.8, 4) is 0 Å². The van der Waals surface area contributed by atoms with Gasteiger partial charge >= 0.3 is 6.09 Å². The Morgan fingerprint density at radius 3 is 2.81 bits per heavy atom. The molecule has 0 aromatic rings. The fraction of sp³-hybridized carbons (Fsp3) is 0.615. The zero-order chi connectivity index (χ0) is 12.0. The van der Waals surface area contributed by atoms with Crippen molar-refractivity contribution in [3.63, 3.8) is 0 Å². The van der Waals surface area contributed by atoms with Gasteiger partial charge in [0.2, 0.25) is 0 Å². The van der Waals surface area contributed by atoms with Gasteiger partial charge in [-0.3, -0.25) is 0 Å². The summed E-state index contributed by atoms with van der Waals surface area (Å²) in [4.78, 5) is 11.3. The molecular formula is C13H21NO2. The molecule has 0 heterocycles. The molecule has 1 amide bonds. The van der Waals surface area contributed by atoms with Crippen molar-refractivity contribution in [2.45, 2.75) is 45.6 Å². The molecule has 0 atom stereocenters. The van der Waals surface area contributed by atoms with Gasteiger partial charge < -0.3 is 10.1 Å². The first-order chi connectivity index (χ1) is 7.47. The van der Waals surface area contributed by atoms with Crippen LogP contribution in [0.4, 0.5) is 4.79 Å². The monoisotopic (exact) mass is 223 g/mol. The van der Waals surface area contributed by atoms with E-state index in [9.17, 15) is 4.79 Å². The molecule has 0 saturated heterocycles. The molecule has 1 rings (SSSR count). The van der Waals surface area contributed by atoms with E-state index < -0.39 is 5.60 Å². The molecule has 3 heteroatoms. The quantitative estimate of drug-likeness (QED) is 0.743. The topological polar surface area (TPSA) is 38.3 Å². The van der Waals surface area contributed by atoms with E-state index in [0.717, 1.165) is 19.3 Å². The first-order valence-electron chi connectivity index (χ1n) is 5.79. The minimum absolute atomic E-state index is 0.328. The van der Waals surface area contributed by atoms with Gasteiger partial charge in [0.1, 0.15) is 5.60 Å². The summed E-state index contributed by atoms with van der Waals surface area (Å²) in [6.45, 7) is 6.26. The molecular weight excluding hydrogens is 202 g/mol. The number of hydrogen-bond acceptors (Lipinski definition) is 2. The molecule has 0 unspecified atom stereocenters. The van der Waals surface area contributed by atoms with Crippen LogP contribution < -0.4 is 5.32 Å². The van der Waals surface area contributed by atoms with E-state index in [1.807, 2.05) is 20.8 Å². The van der Waals surface area contributed by atoms with E-state index in [-0.39, 0.29) is 6.09 Å². The van der Waals surface area contributed by atoms with Crippen LogP contribution in [-0.2, 0) is 4.74 Å². The zero-order valence-corrected chi connectivity index (χ0v) is 10.4. The van der Waals surface area contributed by atoms with Crippen molar-refractivity contribution in [3.05, 3.63) is 23.8 Å². The van der Waals surface area contributed by atoms with Gasteiger partial charge in [0.05, 0.1) is 0 Å². The second kappa shape index (κ2) is 5.73. The number of carbonyl (C=O) groups is 1. The van der Waals surface area contributed by atoms with Gasteiger partial charge in [0, 0.05) is 6.54 Å². The molecule has 0 aliphatic heterocycles. The molecule has 1 aliphatic rings. The van der Waals surface area contributed by atoms with Crippen LogP contribution in [0.5, 0.6) is 0 Å². The van der Waals surface area contributed by atoms with Crippen molar-refractivity contribution in [2.24, 2.45) is 0 Å². The summed E-state index contributed by atoms with van der Waals surface area (Å²) in [6.07, 6.45) is 9.12. The molecule has 90 valence electrons. The Labute approximate surface area is 97.6 Å². The molecule has 1 aliphatic carbocycles. The minimum atomic E-state index is -0.415. The van der Waals surface area contributed by atoms with Gasteiger partial charge in [-0.2, -0.15) is 0 Å². The molecule has 16 heavy (non-hydrogen) atoms. The lowest BCUT2D eigenvalue weighted by molar-refractivity contribution is 0.0527. The molecule has 0 aromatic carbocycles. The molecule has 0 saturated carbocycles. The van der Waals surface area contributed by atoms with Crippen molar-refractivity contribution in [2.75, 3.05) is 6.54 Å². The predicted octanol–water partition coefficient (Wildman–Crippen LogP) is 3.18. The van der Waals surface area contributed by atoms with Crippen molar-refractivity contribution in [1.29, 1.82) is 0 Å². The zero-order valence-electron chi connectivity index (χ0n) is 10.4. The van der Waals surface area contributed by atoms with Crippen molar-refractivity contribution >= 4 is 6.09 Å². The second-order valence-corrected chi connectivity index (χ2v) is 4.99. The van der Waals surface area contributed by atoms with Crippen LogP contribution in [0.3, 0.4) is 0 Å². The lowest BCUT2D eigenvalue weighted by Crippen LogP contribution is -2.33. The Morgan fingerprint density at radius 2 is 2.25 bits per heavy atom. The lowest BCUT2D eigenvalue weighted by Gasteiger charge is -2.19. The summed E-state index contributed by atoms with van der Waals surface area (Å²) in [5, 5.41) is 2.75. The SMILES string of the molecule is CC(C)(C)OC(=O)NCCCC1=CC=CC1. The number of rotatable bonds is 4. The van der Waals surface area contributed by atoms with Gasteiger partial charge in [0.15, 0.2) is 0 Å². The van der Waals surface area contributed by atoms with Crippen LogP contribution in [-0.4, -0.2) is 18.2 Å². The summed E-state index contributed by atoms with van der Waals surface area (Å²) in [5.74, 6) is 0. The maximum absolute atomic E-state index is 11.3. The third kappa shape index (κ3) is 5.59. The van der Waals surface area contributed by atoms with Crippen LogP contribution in [0.15, 0.2) is 23.8 Å². The van der Waals surface area contributed by atoms with Gasteiger partial charge in [-0.1, -0.05) is 23.8 Å². The first-order valence-corrected chi connectivity index (χ1v) is 5.79. The number of nitrogens with one attached hydrogen (secondary N) is 1. The van der Waals surface area contributed by atoms with Gasteiger partial charge in [-0.15, -0.1) is 0 Å². The highest BCUT2D eigenvalue weighted by atomic mass is 16.6. The van der Waals surface area contributed by atoms with Crippen LogP contribution in [0.1, 0.15) is 40.0 Å². The summed E-state index contributed by atoms with van der Waals surface area (Å²) < 4.78 is 5.13. The molecule has 0 aromatic heterocycles. The molecule has 1 N–H and O–H groups in total. The summed E-state index contributed by atoms with van der Waals surface area (Å²) in [6, 6.07) is 0. The van der Waals surface area contributed by atoms with Gasteiger partial charge in [-0.05, 0) is 40.0 Å². The Morgan fingerprint density at radius 1 is 1.50 bits per heavy atom. The normalized spacial score (nSPS) is 14.8. The summed E-state index contributed by atoms with van der Waals surface area (Å²) in [7, 11) is 0. The Bertz CT molecular complexity index is 298. The molecule has 0 spiro atoms. The van der Waals surface area contributed by atoms with Gasteiger partial charge in [-0.25, -0.2) is 4.79 Å². The number of alkyl carbamates (subject to hydrolysis) is 1. The second-order valence-electron chi connectivity index (χ2n) is 4.99. The van der Waals surface area contributed by atoms with Crippen molar-refractivity contribution < 1.29 is 9.53 Å². The predicted molar refractivity (Wildman–Crippen MR) is 65.3 cm³/mol. The van der Waals surface area contributed by atoms with Crippen LogP contribution in [0, 0.1) is 0 Å². The van der Waals surface area contributed by atoms with E-state index in [4.69, 9.17) is 4.74 Å². The molecule has 0 radical (unpaired) electrons. The van der Waals surface area contributed by atoms with Crippen LogP contribution in [0.2, 0.25) is 0 Å². The van der Waals surface area contributed by atoms with E-state index in [2.05, 4.69) is 23.5 Å². The highest BCUT2D eigenvalue weighted by Crippen LogP contribution is 2.15. The standard InChI is InChI=1S/C13H21NO2/c1-13(2,3)16-12(15)14-10-6-9-11-7-4-5-8-11/h4-5,7H,6,8-10H2,1-3H3,(H,14,15). The molecule has 0 fully saturated rings. The number of allylic oxidation sites excluding steroid dienone is 4. The average molecular weight is 223 g/mol. The smallest absolute Gasteiger partial charge is 0.407 e. The fourth-order valence-electron chi connectivity index (χ4n) is 1.50. The first kappa shape index (κ1) is 12.8. The Balaban J connectivity index is 2.05. The van der Waals surface area contributed by atoms with Crippen molar-refractivity contribution in [1.82, 2.24) is 5.32 Å². The van der Waals surface area contributed by atoms with E-state index in [0.29, 0.717) is 6.54 Å². The van der Waals surface area contributed by atoms with E-state index >= 15 is 0 Å². The summed E-state index contributed by atoms with van der Waals surface area (Å²) >= 11 is 0. The third-order valence-electron chi connectivity index (χ3n) is 2.19. The average Bonchev–Trinajstić information content (AvgIpc) is 2.62. The number of carbonyl (C=O) groups excluding carboxylic acids is 1. The maximum Gasteiger partial charge on any atom is 0.407 e. The van der Waals surface area contributed by atoms with Crippen LogP contribution >= 0.6 is 0 Å². The number of hydrogen-bond donors (Lipinski definition) is 1. The highest BCUT2D eigenvalue weighted by Gasteiger charge is 2.15. The lowest BCUT2D eigenvalue weighted by atomic mass is 10.1. The van der Waals surface area contributed by atoms with Gasteiger partial charge in [0.25, 0.3) is 0 Å². The molecule has 3 nitrogen and oxygen atoms in total. The largest absolute Gasteiger partial charge is 0.444 e. The van der Waals surface area contributed by atoms with E-state index in [1.54, 1.807) is 0 Å². The number of amides is 1. The third-order valence-corrected chi connectivity index (χ3v) is 2.19. The number of ether oxygens (including phenoxy) is 1. The maximum atomic E-state index is 11.3. The Hall–Kier alpha value is -1.25. The van der Waals surface area contributed by atoms with E-state index in [1.165, 1.54) is 5.57 Å². The van der Waals surface area contributed by atoms with Crippen LogP contribution in [0.25, 0.3) is 0 Å². The Kier molecular flexibility index (Phi) is 4.59. The highest BCUT2D eigenvalue weighted by molar-refractivity contribution is 5.67. The minimum Gasteiger partial charge on any atom is -0.444 e. The fourth-order valence-corrected chi connectivity index (χ4v) is 1.50. The molecule has 0 bridgehead atoms. The summed E-state index contributed by atoms with van der Waals surface area (Å²) in [5.41, 5.74) is 1.02.